The van der Waals surface area contributed by atoms with Crippen LogP contribution in [0.25, 0.3) is 11.0 Å². The molecule has 7 nitrogen and oxygen atoms in total. The molecule has 2 aromatic heterocycles. The summed E-state index contributed by atoms with van der Waals surface area (Å²) in [6.07, 6.45) is 0.948. The molecule has 1 aliphatic heterocycles. The van der Waals surface area contributed by atoms with Gasteiger partial charge >= 0.3 is 0 Å². The van der Waals surface area contributed by atoms with Gasteiger partial charge in [0.2, 0.25) is 5.91 Å². The summed E-state index contributed by atoms with van der Waals surface area (Å²) in [5, 5.41) is 3.36. The molecule has 3 aromatic rings. The lowest BCUT2D eigenvalue weighted by Gasteiger charge is -2.17. The molecule has 0 aliphatic carbocycles. The third-order valence-corrected chi connectivity index (χ3v) is 6.11. The molecule has 9 heteroatoms. The Bertz CT molecular complexity index is 1130. The highest BCUT2D eigenvalue weighted by Gasteiger charge is 2.33. The Kier molecular flexibility index (Phi) is 7.92. The third kappa shape index (κ3) is 4.63. The minimum atomic E-state index is -0.142. The van der Waals surface area contributed by atoms with Gasteiger partial charge in [0.1, 0.15) is 0 Å². The molecule has 1 aromatic carbocycles. The maximum Gasteiger partial charge on any atom is 0.273 e. The standard InChI is InChI=1S/C22H27N5O2.2ClH/c1-13-16(14(2)24-21-20(13)22(29)25-26(21)3)9-10-19(28)27-11-17(18(23)12-27)15-7-5-4-6-8-15;;/h4-8,17-18H,9-12,23H2,1-3H3,(H,25,29);2*1H/t17-,18+;;/m0../s1. The van der Waals surface area contributed by atoms with E-state index in [9.17, 15) is 9.59 Å². The first kappa shape index (κ1) is 24.9. The summed E-state index contributed by atoms with van der Waals surface area (Å²) in [6, 6.07) is 10.1. The smallest absolute Gasteiger partial charge is 0.273 e. The van der Waals surface area contributed by atoms with Crippen molar-refractivity contribution in [3.05, 3.63) is 63.1 Å². The molecular formula is C22H29Cl2N5O2. The zero-order valence-electron chi connectivity index (χ0n) is 17.9. The van der Waals surface area contributed by atoms with Gasteiger partial charge in [-0.2, -0.15) is 0 Å². The van der Waals surface area contributed by atoms with E-state index in [1.165, 1.54) is 5.56 Å². The lowest BCUT2D eigenvalue weighted by atomic mass is 9.95. The molecule has 168 valence electrons. The third-order valence-electron chi connectivity index (χ3n) is 6.11. The van der Waals surface area contributed by atoms with E-state index in [-0.39, 0.29) is 48.2 Å². The number of amides is 1. The lowest BCUT2D eigenvalue weighted by Crippen LogP contribution is -2.32. The predicted molar refractivity (Wildman–Crippen MR) is 127 cm³/mol. The summed E-state index contributed by atoms with van der Waals surface area (Å²) in [5.74, 6) is 0.268. The molecule has 1 fully saturated rings. The zero-order valence-corrected chi connectivity index (χ0v) is 19.6. The molecule has 1 amide bonds. The Morgan fingerprint density at radius 3 is 2.55 bits per heavy atom. The second kappa shape index (κ2) is 9.85. The minimum Gasteiger partial charge on any atom is -0.340 e. The number of benzene rings is 1. The summed E-state index contributed by atoms with van der Waals surface area (Å²) in [4.78, 5) is 31.6. The van der Waals surface area contributed by atoms with Crippen LogP contribution in [0.2, 0.25) is 0 Å². The average molecular weight is 466 g/mol. The number of rotatable bonds is 4. The van der Waals surface area contributed by atoms with Gasteiger partial charge in [-0.05, 0) is 37.0 Å². The number of aryl methyl sites for hydroxylation is 3. The maximum absolute atomic E-state index is 12.9. The van der Waals surface area contributed by atoms with Crippen LogP contribution in [-0.4, -0.2) is 44.7 Å². The molecular weight excluding hydrogens is 437 g/mol. The van der Waals surface area contributed by atoms with Crippen molar-refractivity contribution < 1.29 is 4.79 Å². The molecule has 0 bridgehead atoms. The van der Waals surface area contributed by atoms with Crippen molar-refractivity contribution in [1.29, 1.82) is 0 Å². The van der Waals surface area contributed by atoms with Gasteiger partial charge in [-0.25, -0.2) is 4.98 Å². The van der Waals surface area contributed by atoms with Crippen molar-refractivity contribution in [2.45, 2.75) is 38.6 Å². The Morgan fingerprint density at radius 2 is 1.87 bits per heavy atom. The second-order valence-corrected chi connectivity index (χ2v) is 7.98. The SMILES string of the molecule is Cc1nc2c(c(C)c1CCC(=O)N1C[C@@H](N)[C@H](c3ccccc3)C1)c(=O)[nH]n2C.Cl.Cl. The number of H-pyrrole nitrogens is 1. The Morgan fingerprint density at radius 1 is 1.19 bits per heavy atom. The molecule has 0 unspecified atom stereocenters. The molecule has 4 rings (SSSR count). The summed E-state index contributed by atoms with van der Waals surface area (Å²) < 4.78 is 1.64. The highest BCUT2D eigenvalue weighted by Crippen LogP contribution is 2.27. The summed E-state index contributed by atoms with van der Waals surface area (Å²) >= 11 is 0. The molecule has 2 atom stereocenters. The fourth-order valence-electron chi connectivity index (χ4n) is 4.49. The number of nitrogens with two attached hydrogens (primary N) is 1. The van der Waals surface area contributed by atoms with Gasteiger partial charge in [0.25, 0.3) is 5.56 Å². The first-order valence-corrected chi connectivity index (χ1v) is 10.00. The van der Waals surface area contributed by atoms with Gasteiger partial charge in [0, 0.05) is 44.2 Å². The van der Waals surface area contributed by atoms with Crippen LogP contribution < -0.4 is 11.3 Å². The molecule has 0 saturated carbocycles. The van der Waals surface area contributed by atoms with Crippen LogP contribution in [-0.2, 0) is 18.3 Å². The van der Waals surface area contributed by atoms with Crippen LogP contribution in [0, 0.1) is 13.8 Å². The zero-order chi connectivity index (χ0) is 20.7. The van der Waals surface area contributed by atoms with Crippen molar-refractivity contribution in [1.82, 2.24) is 19.7 Å². The first-order valence-electron chi connectivity index (χ1n) is 10.00. The van der Waals surface area contributed by atoms with Crippen LogP contribution in [0.3, 0.4) is 0 Å². The van der Waals surface area contributed by atoms with Gasteiger partial charge in [-0.3, -0.25) is 19.4 Å². The normalized spacial score (nSPS) is 18.0. The van der Waals surface area contributed by atoms with Gasteiger partial charge in [-0.15, -0.1) is 24.8 Å². The fourth-order valence-corrected chi connectivity index (χ4v) is 4.49. The van der Waals surface area contributed by atoms with Crippen LogP contribution in [0.15, 0.2) is 35.1 Å². The monoisotopic (exact) mass is 465 g/mol. The van der Waals surface area contributed by atoms with Crippen molar-refractivity contribution in [3.8, 4) is 0 Å². The Balaban J connectivity index is 0.00000171. The minimum absolute atomic E-state index is 0. The number of hydrogen-bond donors (Lipinski definition) is 2. The predicted octanol–water partition coefficient (Wildman–Crippen LogP) is 2.61. The molecule has 3 N–H and O–H groups in total. The van der Waals surface area contributed by atoms with E-state index < -0.39 is 0 Å². The first-order chi connectivity index (χ1) is 13.9. The number of likely N-dealkylation sites (tertiary alicyclic amines) is 1. The van der Waals surface area contributed by atoms with Gasteiger partial charge in [-0.1, -0.05) is 30.3 Å². The molecule has 3 heterocycles. The van der Waals surface area contributed by atoms with Crippen LogP contribution in [0.1, 0.15) is 34.7 Å². The summed E-state index contributed by atoms with van der Waals surface area (Å²) in [5.41, 5.74) is 10.8. The highest BCUT2D eigenvalue weighted by atomic mass is 35.5. The number of carbonyl (C=O) groups is 1. The number of nitrogens with one attached hydrogen (secondary N) is 1. The van der Waals surface area contributed by atoms with Crippen LogP contribution in [0.5, 0.6) is 0 Å². The fraction of sp³-hybridized carbons (Fsp3) is 0.409. The van der Waals surface area contributed by atoms with Crippen molar-refractivity contribution in [2.75, 3.05) is 13.1 Å². The van der Waals surface area contributed by atoms with Crippen LogP contribution in [0.4, 0.5) is 0 Å². The molecule has 1 saturated heterocycles. The van der Waals surface area contributed by atoms with E-state index in [2.05, 4.69) is 22.2 Å². The number of aromatic nitrogens is 3. The number of nitrogens with zero attached hydrogens (tertiary/aromatic N) is 3. The van der Waals surface area contributed by atoms with Crippen LogP contribution >= 0.6 is 24.8 Å². The number of pyridine rings is 1. The summed E-state index contributed by atoms with van der Waals surface area (Å²) in [6.45, 7) is 5.09. The molecule has 31 heavy (non-hydrogen) atoms. The largest absolute Gasteiger partial charge is 0.340 e. The lowest BCUT2D eigenvalue weighted by molar-refractivity contribution is -0.130. The van der Waals surface area contributed by atoms with E-state index in [0.717, 1.165) is 16.8 Å². The van der Waals surface area contributed by atoms with Gasteiger partial charge in [0.15, 0.2) is 5.65 Å². The quantitative estimate of drug-likeness (QED) is 0.618. The van der Waals surface area contributed by atoms with Crippen molar-refractivity contribution >= 4 is 41.8 Å². The number of fused-ring (bicyclic) bond motifs is 1. The molecule has 0 radical (unpaired) electrons. The number of aromatic amines is 1. The highest BCUT2D eigenvalue weighted by molar-refractivity contribution is 5.85. The van der Waals surface area contributed by atoms with E-state index in [1.807, 2.05) is 36.9 Å². The maximum atomic E-state index is 12.9. The Labute approximate surface area is 193 Å². The molecule has 1 aliphatic rings. The Hall–Kier alpha value is -2.35. The van der Waals surface area contributed by atoms with Gasteiger partial charge < -0.3 is 10.6 Å². The topological polar surface area (TPSA) is 97.0 Å². The second-order valence-electron chi connectivity index (χ2n) is 7.98. The van der Waals surface area contributed by atoms with E-state index >= 15 is 0 Å². The average Bonchev–Trinajstić information content (AvgIpc) is 3.21. The van der Waals surface area contributed by atoms with E-state index in [1.54, 1.807) is 11.7 Å². The number of carbonyl (C=O) groups excluding carboxylic acids is 1. The van der Waals surface area contributed by atoms with Gasteiger partial charge in [0.05, 0.1) is 5.39 Å². The number of halogens is 2. The summed E-state index contributed by atoms with van der Waals surface area (Å²) in [7, 11) is 1.78. The molecule has 0 spiro atoms. The van der Waals surface area contributed by atoms with E-state index in [0.29, 0.717) is 37.0 Å². The van der Waals surface area contributed by atoms with Crippen molar-refractivity contribution in [2.24, 2.45) is 12.8 Å². The van der Waals surface area contributed by atoms with E-state index in [4.69, 9.17) is 5.73 Å². The number of hydrogen-bond acceptors (Lipinski definition) is 4. The van der Waals surface area contributed by atoms with Crippen molar-refractivity contribution in [3.63, 3.8) is 0 Å².